The minimum Gasteiger partial charge on any atom is -0.384 e. The van der Waals surface area contributed by atoms with Gasteiger partial charge >= 0.3 is 6.18 Å². The summed E-state index contributed by atoms with van der Waals surface area (Å²) in [5, 5.41) is 7.25. The van der Waals surface area contributed by atoms with Gasteiger partial charge in [-0.1, -0.05) is 19.9 Å². The van der Waals surface area contributed by atoms with Crippen LogP contribution in [0, 0.1) is 0 Å². The highest BCUT2D eigenvalue weighted by Gasteiger charge is 2.46. The molecule has 0 saturated carbocycles. The van der Waals surface area contributed by atoms with Crippen LogP contribution in [0.5, 0.6) is 0 Å². The van der Waals surface area contributed by atoms with Crippen LogP contribution in [0.25, 0.3) is 0 Å². The van der Waals surface area contributed by atoms with E-state index < -0.39 is 32.4 Å². The second-order valence-corrected chi connectivity index (χ2v) is 11.3. The van der Waals surface area contributed by atoms with Crippen LogP contribution in [0.15, 0.2) is 35.2 Å². The standard InChI is InChI=1S/C21H27F3N2O4S/c1-19(2,13-29-4)18-11-16(25-26-18)17-12-20(3,8-9-30-17)31(27,28)15-7-5-6-14(10-15)21(22,23)24/h5-7,10-11,17H,8-9,12-13H2,1-4H3,(H,25,26). The Morgan fingerprint density at radius 2 is 2.00 bits per heavy atom. The number of methoxy groups -OCH3 is 1. The van der Waals surface area contributed by atoms with Crippen LogP contribution in [0.1, 0.15) is 56.7 Å². The number of aromatic amines is 1. The summed E-state index contributed by atoms with van der Waals surface area (Å²) in [6, 6.07) is 5.72. The summed E-state index contributed by atoms with van der Waals surface area (Å²) in [5.41, 5.74) is 0.0376. The SMILES string of the molecule is COCC(C)(C)c1cc(C2CC(C)(S(=O)(=O)c3cccc(C(F)(F)F)c3)CCO2)[nH]n1. The predicted molar refractivity (Wildman–Crippen MR) is 108 cm³/mol. The van der Waals surface area contributed by atoms with Crippen molar-refractivity contribution in [3.63, 3.8) is 0 Å². The maximum absolute atomic E-state index is 13.3. The summed E-state index contributed by atoms with van der Waals surface area (Å²) < 4.78 is 75.7. The van der Waals surface area contributed by atoms with Crippen LogP contribution < -0.4 is 0 Å². The van der Waals surface area contributed by atoms with Gasteiger partial charge in [0.25, 0.3) is 0 Å². The molecule has 0 aliphatic carbocycles. The van der Waals surface area contributed by atoms with Gasteiger partial charge < -0.3 is 9.47 Å². The number of hydrogen-bond acceptors (Lipinski definition) is 5. The molecule has 1 saturated heterocycles. The van der Waals surface area contributed by atoms with Gasteiger partial charge in [0.15, 0.2) is 9.84 Å². The van der Waals surface area contributed by atoms with E-state index in [1.54, 1.807) is 14.0 Å². The molecule has 1 N–H and O–H groups in total. The first kappa shape index (κ1) is 23.7. The normalized spacial score (nSPS) is 23.1. The molecule has 2 unspecified atom stereocenters. The fourth-order valence-corrected chi connectivity index (χ4v) is 5.65. The van der Waals surface area contributed by atoms with Gasteiger partial charge in [0.1, 0.15) is 6.10 Å². The van der Waals surface area contributed by atoms with E-state index in [-0.39, 0.29) is 29.8 Å². The molecule has 2 aromatic rings. The second kappa shape index (κ2) is 8.22. The predicted octanol–water partition coefficient (Wildman–Crippen LogP) is 4.44. The molecule has 2 heterocycles. The third-order valence-electron chi connectivity index (χ3n) is 5.83. The van der Waals surface area contributed by atoms with Crippen molar-refractivity contribution >= 4 is 9.84 Å². The van der Waals surface area contributed by atoms with Crippen molar-refractivity contribution in [1.29, 1.82) is 0 Å². The third-order valence-corrected chi connectivity index (χ3v) is 8.37. The molecule has 3 rings (SSSR count). The van der Waals surface area contributed by atoms with Gasteiger partial charge in [-0.2, -0.15) is 18.3 Å². The number of H-pyrrole nitrogens is 1. The topological polar surface area (TPSA) is 81.3 Å². The molecule has 0 spiro atoms. The lowest BCUT2D eigenvalue weighted by molar-refractivity contribution is -0.137. The van der Waals surface area contributed by atoms with Crippen LogP contribution in [-0.2, 0) is 30.9 Å². The van der Waals surface area contributed by atoms with Gasteiger partial charge in [-0.05, 0) is 44.0 Å². The quantitative estimate of drug-likeness (QED) is 0.690. The Hall–Kier alpha value is -1.91. The summed E-state index contributed by atoms with van der Waals surface area (Å²) in [6.45, 7) is 6.12. The molecular weight excluding hydrogens is 433 g/mol. The first-order chi connectivity index (χ1) is 14.3. The van der Waals surface area contributed by atoms with Gasteiger partial charge in [-0.25, -0.2) is 8.42 Å². The van der Waals surface area contributed by atoms with Crippen molar-refractivity contribution in [1.82, 2.24) is 10.2 Å². The Kier molecular flexibility index (Phi) is 6.29. The maximum atomic E-state index is 13.3. The largest absolute Gasteiger partial charge is 0.416 e. The van der Waals surface area contributed by atoms with Crippen LogP contribution in [0.2, 0.25) is 0 Å². The Morgan fingerprint density at radius 3 is 2.65 bits per heavy atom. The molecule has 1 aliphatic heterocycles. The van der Waals surface area contributed by atoms with E-state index in [9.17, 15) is 21.6 Å². The number of hydrogen-bond donors (Lipinski definition) is 1. The van der Waals surface area contributed by atoms with Gasteiger partial charge in [0.05, 0.1) is 33.2 Å². The van der Waals surface area contributed by atoms with E-state index in [4.69, 9.17) is 9.47 Å². The number of aromatic nitrogens is 2. The summed E-state index contributed by atoms with van der Waals surface area (Å²) in [6.07, 6.45) is -4.92. The number of halogens is 3. The minimum absolute atomic E-state index is 0.0952. The molecule has 0 amide bonds. The van der Waals surface area contributed by atoms with Crippen molar-refractivity contribution in [2.75, 3.05) is 20.3 Å². The van der Waals surface area contributed by atoms with E-state index in [1.807, 2.05) is 19.9 Å². The van der Waals surface area contributed by atoms with Gasteiger partial charge in [0.2, 0.25) is 0 Å². The Labute approximate surface area is 180 Å². The first-order valence-corrected chi connectivity index (χ1v) is 11.4. The fraction of sp³-hybridized carbons (Fsp3) is 0.571. The molecule has 1 aliphatic rings. The molecule has 10 heteroatoms. The van der Waals surface area contributed by atoms with Crippen LogP contribution >= 0.6 is 0 Å². The van der Waals surface area contributed by atoms with Crippen molar-refractivity contribution in [2.45, 2.75) is 61.0 Å². The van der Waals surface area contributed by atoms with Crippen molar-refractivity contribution < 1.29 is 31.1 Å². The molecule has 31 heavy (non-hydrogen) atoms. The number of alkyl halides is 3. The molecule has 0 radical (unpaired) electrons. The zero-order valence-electron chi connectivity index (χ0n) is 17.9. The van der Waals surface area contributed by atoms with E-state index in [0.29, 0.717) is 18.4 Å². The lowest BCUT2D eigenvalue weighted by atomic mass is 9.89. The van der Waals surface area contributed by atoms with Gasteiger partial charge in [-0.15, -0.1) is 0 Å². The third kappa shape index (κ3) is 4.65. The number of benzene rings is 1. The van der Waals surface area contributed by atoms with Crippen LogP contribution in [0.3, 0.4) is 0 Å². The van der Waals surface area contributed by atoms with Crippen molar-refractivity contribution in [2.24, 2.45) is 0 Å². The lowest BCUT2D eigenvalue weighted by Gasteiger charge is -2.37. The molecule has 1 fully saturated rings. The van der Waals surface area contributed by atoms with Gasteiger partial charge in [0, 0.05) is 19.1 Å². The lowest BCUT2D eigenvalue weighted by Crippen LogP contribution is -2.42. The van der Waals surface area contributed by atoms with Crippen molar-refractivity contribution in [3.8, 4) is 0 Å². The summed E-state index contributed by atoms with van der Waals surface area (Å²) >= 11 is 0. The number of nitrogens with one attached hydrogen (secondary N) is 1. The highest BCUT2D eigenvalue weighted by atomic mass is 32.2. The average Bonchev–Trinajstić information content (AvgIpc) is 3.19. The maximum Gasteiger partial charge on any atom is 0.416 e. The highest BCUT2D eigenvalue weighted by Crippen LogP contribution is 2.42. The fourth-order valence-electron chi connectivity index (χ4n) is 3.82. The average molecular weight is 461 g/mol. The van der Waals surface area contributed by atoms with Crippen LogP contribution in [0.4, 0.5) is 13.2 Å². The molecule has 1 aromatic carbocycles. The summed E-state index contributed by atoms with van der Waals surface area (Å²) in [5.74, 6) is 0. The van der Waals surface area contributed by atoms with E-state index in [1.165, 1.54) is 6.07 Å². The zero-order chi connectivity index (χ0) is 23.1. The second-order valence-electron chi connectivity index (χ2n) is 8.82. The van der Waals surface area contributed by atoms with Crippen molar-refractivity contribution in [3.05, 3.63) is 47.3 Å². The Bertz CT molecular complexity index is 1030. The number of ether oxygens (including phenoxy) is 2. The Morgan fingerprint density at radius 1 is 1.29 bits per heavy atom. The smallest absolute Gasteiger partial charge is 0.384 e. The molecule has 172 valence electrons. The van der Waals surface area contributed by atoms with Gasteiger partial charge in [-0.3, -0.25) is 5.10 Å². The number of nitrogens with zero attached hydrogens (tertiary/aromatic N) is 1. The van der Waals surface area contributed by atoms with E-state index in [0.717, 1.165) is 17.8 Å². The Balaban J connectivity index is 1.89. The van der Waals surface area contributed by atoms with Crippen LogP contribution in [-0.4, -0.2) is 43.7 Å². The first-order valence-electron chi connectivity index (χ1n) is 9.88. The summed E-state index contributed by atoms with van der Waals surface area (Å²) in [7, 11) is -2.45. The molecular formula is C21H27F3N2O4S. The highest BCUT2D eigenvalue weighted by molar-refractivity contribution is 7.92. The minimum atomic E-state index is -4.62. The molecule has 6 nitrogen and oxygen atoms in total. The molecule has 2 atom stereocenters. The van der Waals surface area contributed by atoms with E-state index >= 15 is 0 Å². The molecule has 0 bridgehead atoms. The summed E-state index contributed by atoms with van der Waals surface area (Å²) in [4.78, 5) is -0.336. The monoisotopic (exact) mass is 460 g/mol. The zero-order valence-corrected chi connectivity index (χ0v) is 18.7. The number of sulfone groups is 1. The number of rotatable bonds is 6. The van der Waals surface area contributed by atoms with E-state index in [2.05, 4.69) is 10.2 Å². The molecule has 1 aromatic heterocycles.